The molecule has 0 aromatic rings. The van der Waals surface area contributed by atoms with Gasteiger partial charge in [-0.2, -0.15) is 0 Å². The van der Waals surface area contributed by atoms with Gasteiger partial charge in [-0.1, -0.05) is 0 Å². The van der Waals surface area contributed by atoms with Crippen molar-refractivity contribution < 1.29 is 41.4 Å². The van der Waals surface area contributed by atoms with E-state index in [0.717, 1.165) is 0 Å². The minimum Gasteiger partial charge on any atom is -2.00 e. The zero-order chi connectivity index (χ0) is 0. The topological polar surface area (TPSA) is 114 Å². The smallest absolute Gasteiger partial charge is 2.00 e. The van der Waals surface area contributed by atoms with E-state index in [4.69, 9.17) is 0 Å². The number of hydrogen-bond acceptors (Lipinski definition) is 0. The van der Waals surface area contributed by atoms with Crippen molar-refractivity contribution in [3.05, 3.63) is 0 Å². The molecule has 32 valence electrons. The van der Waals surface area contributed by atoms with Crippen molar-refractivity contribution in [3.63, 3.8) is 0 Å². The normalized spacial score (nSPS) is 0. The SMILES string of the molecule is [Al+3].[In+3].[O-2].[O-2].[O-2].[O-2].[Zn+2]. The Hall–Kier alpha value is 1.87. The molecule has 0 radical (unpaired) electrons. The quantitative estimate of drug-likeness (QED) is 0.490. The Labute approximate surface area is 84.0 Å². The molecule has 0 bridgehead atoms. The molecule has 0 heterocycles. The molecule has 0 aliphatic heterocycles. The van der Waals surface area contributed by atoms with Crippen molar-refractivity contribution in [2.75, 3.05) is 0 Å². The summed E-state index contributed by atoms with van der Waals surface area (Å²) in [5.41, 5.74) is 0. The van der Waals surface area contributed by atoms with Crippen LogP contribution in [0.3, 0.4) is 0 Å². The van der Waals surface area contributed by atoms with E-state index in [-0.39, 0.29) is 84.6 Å². The van der Waals surface area contributed by atoms with Crippen molar-refractivity contribution >= 4 is 43.2 Å². The molecule has 0 rings (SSSR count). The first-order valence-electron chi connectivity index (χ1n) is 0. The Bertz CT molecular complexity index is 11.7. The van der Waals surface area contributed by atoms with Gasteiger partial charge >= 0.3 is 62.7 Å². The van der Waals surface area contributed by atoms with E-state index in [1.807, 2.05) is 0 Å². The summed E-state index contributed by atoms with van der Waals surface area (Å²) >= 11 is 0. The van der Waals surface area contributed by atoms with Crippen LogP contribution in [-0.4, -0.2) is 43.2 Å². The molecule has 0 aliphatic rings. The van der Waals surface area contributed by atoms with E-state index < -0.39 is 0 Å². The second-order valence-electron chi connectivity index (χ2n) is 0. The van der Waals surface area contributed by atoms with Crippen LogP contribution in [0, 0.1) is 0 Å². The zero-order valence-corrected chi connectivity index (χ0v) is 10.9. The van der Waals surface area contributed by atoms with E-state index >= 15 is 0 Å². The molecular weight excluding hydrogens is 271 g/mol. The molecule has 0 saturated heterocycles. The van der Waals surface area contributed by atoms with Gasteiger partial charge in [0.05, 0.1) is 0 Å². The maximum Gasteiger partial charge on any atom is 3.00 e. The van der Waals surface area contributed by atoms with Crippen LogP contribution >= 0.6 is 0 Å². The van der Waals surface area contributed by atoms with E-state index in [1.165, 1.54) is 0 Å². The van der Waals surface area contributed by atoms with E-state index in [9.17, 15) is 0 Å². The predicted molar refractivity (Wildman–Crippen MR) is 14.3 cm³/mol. The fourth-order valence-electron chi connectivity index (χ4n) is 0. The molecule has 0 atom stereocenters. The molecule has 0 spiro atoms. The third kappa shape index (κ3) is 77.7. The van der Waals surface area contributed by atoms with Gasteiger partial charge in [-0.3, -0.25) is 0 Å². The van der Waals surface area contributed by atoms with E-state index in [1.54, 1.807) is 0 Å². The Morgan fingerprint density at radius 1 is 0.571 bits per heavy atom. The first-order chi connectivity index (χ1) is 0. The zero-order valence-electron chi connectivity index (χ0n) is 3.49. The molecule has 0 aromatic heterocycles. The average molecular weight is 271 g/mol. The Balaban J connectivity index is 0. The van der Waals surface area contributed by atoms with Crippen molar-refractivity contribution in [1.29, 1.82) is 0 Å². The molecule has 0 aliphatic carbocycles. The fraction of sp³-hybridized carbons (Fsp3) is 0. The Morgan fingerprint density at radius 2 is 0.571 bits per heavy atom. The molecule has 0 N–H and O–H groups in total. The van der Waals surface area contributed by atoms with Gasteiger partial charge in [0, 0.05) is 0 Å². The molecule has 0 aromatic carbocycles. The van der Waals surface area contributed by atoms with Crippen molar-refractivity contribution in [2.45, 2.75) is 0 Å². The summed E-state index contributed by atoms with van der Waals surface area (Å²) in [5, 5.41) is 0. The first-order valence-corrected chi connectivity index (χ1v) is 0. The molecule has 7 heavy (non-hydrogen) atoms. The van der Waals surface area contributed by atoms with Crippen molar-refractivity contribution in [3.8, 4) is 0 Å². The van der Waals surface area contributed by atoms with Gasteiger partial charge in [0.25, 0.3) is 0 Å². The summed E-state index contributed by atoms with van der Waals surface area (Å²) < 4.78 is 0. The third-order valence-corrected chi connectivity index (χ3v) is 0. The molecular formula is AlInO4Zn. The van der Waals surface area contributed by atoms with Crippen LogP contribution in [0.5, 0.6) is 0 Å². The minimum absolute atomic E-state index is 0. The maximum atomic E-state index is 0. The van der Waals surface area contributed by atoms with Gasteiger partial charge in [0.2, 0.25) is 0 Å². The molecule has 4 nitrogen and oxygen atoms in total. The molecule has 0 amide bonds. The van der Waals surface area contributed by atoms with Crippen LogP contribution in [0.1, 0.15) is 0 Å². The summed E-state index contributed by atoms with van der Waals surface area (Å²) in [7, 11) is 0. The summed E-state index contributed by atoms with van der Waals surface area (Å²) in [5.74, 6) is 0. The van der Waals surface area contributed by atoms with Crippen LogP contribution in [-0.2, 0) is 41.4 Å². The van der Waals surface area contributed by atoms with Gasteiger partial charge in [-0.05, 0) is 0 Å². The van der Waals surface area contributed by atoms with Crippen LogP contribution in [0.4, 0.5) is 0 Å². The summed E-state index contributed by atoms with van der Waals surface area (Å²) in [6.07, 6.45) is 0. The predicted octanol–water partition coefficient (Wildman–Crippen LogP) is -1.24. The largest absolute Gasteiger partial charge is 3.00 e. The minimum atomic E-state index is 0. The Morgan fingerprint density at radius 3 is 0.571 bits per heavy atom. The van der Waals surface area contributed by atoms with Gasteiger partial charge in [-0.25, -0.2) is 0 Å². The molecule has 0 saturated carbocycles. The van der Waals surface area contributed by atoms with Gasteiger partial charge < -0.3 is 21.9 Å². The monoisotopic (exact) mass is 270 g/mol. The summed E-state index contributed by atoms with van der Waals surface area (Å²) in [6, 6.07) is 0. The van der Waals surface area contributed by atoms with Crippen molar-refractivity contribution in [1.82, 2.24) is 0 Å². The van der Waals surface area contributed by atoms with E-state index in [2.05, 4.69) is 0 Å². The van der Waals surface area contributed by atoms with Gasteiger partial charge in [0.1, 0.15) is 0 Å². The van der Waals surface area contributed by atoms with Gasteiger partial charge in [0.15, 0.2) is 0 Å². The molecule has 7 heteroatoms. The standard InChI is InChI=1S/Al.In.4O.Zn/q2*+3;4*-2;+2. The maximum absolute atomic E-state index is 0. The fourth-order valence-corrected chi connectivity index (χ4v) is 0. The molecule has 0 fully saturated rings. The van der Waals surface area contributed by atoms with E-state index in [0.29, 0.717) is 0 Å². The Kier molecular flexibility index (Phi) is 2400. The number of rotatable bonds is 0. The van der Waals surface area contributed by atoms with Gasteiger partial charge in [-0.15, -0.1) is 0 Å². The number of hydrogen-bond donors (Lipinski definition) is 0. The van der Waals surface area contributed by atoms with Crippen LogP contribution in [0.25, 0.3) is 0 Å². The first kappa shape index (κ1) is 158. The summed E-state index contributed by atoms with van der Waals surface area (Å²) in [6.45, 7) is 0. The van der Waals surface area contributed by atoms with Crippen LogP contribution in [0.15, 0.2) is 0 Å². The average Bonchev–Trinajstić information content (AvgIpc) is 0. The van der Waals surface area contributed by atoms with Crippen LogP contribution in [0.2, 0.25) is 0 Å². The van der Waals surface area contributed by atoms with Crippen molar-refractivity contribution in [2.24, 2.45) is 0 Å². The second-order valence-corrected chi connectivity index (χ2v) is 0. The third-order valence-electron chi connectivity index (χ3n) is 0. The van der Waals surface area contributed by atoms with Crippen LogP contribution < -0.4 is 0 Å². The molecule has 0 unspecified atom stereocenters. The summed E-state index contributed by atoms with van der Waals surface area (Å²) in [4.78, 5) is 0. The second kappa shape index (κ2) is 106.